The molecule has 0 aliphatic heterocycles. The van der Waals surface area contributed by atoms with Crippen LogP contribution in [0.5, 0.6) is 0 Å². The van der Waals surface area contributed by atoms with Gasteiger partial charge in [0.25, 0.3) is 5.56 Å². The fourth-order valence-electron chi connectivity index (χ4n) is 3.20. The predicted octanol–water partition coefficient (Wildman–Crippen LogP) is 4.88. The minimum Gasteiger partial charge on any atom is -0.425 e. The molecule has 122 valence electrons. The summed E-state index contributed by atoms with van der Waals surface area (Å²) in [5.41, 5.74) is 3.95. The Labute approximate surface area is 145 Å². The Hall–Kier alpha value is -3.33. The van der Waals surface area contributed by atoms with E-state index in [1.54, 1.807) is 6.07 Å². The summed E-state index contributed by atoms with van der Waals surface area (Å²) in [5.74, 6) is 0. The molecule has 4 rings (SSSR count). The Morgan fingerprint density at radius 2 is 1.48 bits per heavy atom. The quantitative estimate of drug-likeness (QED) is 0.533. The van der Waals surface area contributed by atoms with Gasteiger partial charge in [0.15, 0.2) is 0 Å². The summed E-state index contributed by atoms with van der Waals surface area (Å²) in [7, 11) is 0. The van der Waals surface area contributed by atoms with Gasteiger partial charge in [0, 0.05) is 11.6 Å². The van der Waals surface area contributed by atoms with Crippen molar-refractivity contribution in [1.82, 2.24) is 4.73 Å². The summed E-state index contributed by atoms with van der Waals surface area (Å²) in [4.78, 5) is 11.8. The topological polar surface area (TPSA) is 42.2 Å². The Morgan fingerprint density at radius 1 is 0.800 bits per heavy atom. The van der Waals surface area contributed by atoms with Gasteiger partial charge in [-0.2, -0.15) is 0 Å². The lowest BCUT2D eigenvalue weighted by atomic mass is 9.97. The average molecular weight is 327 g/mol. The van der Waals surface area contributed by atoms with Crippen molar-refractivity contribution < 1.29 is 5.21 Å². The van der Waals surface area contributed by atoms with Gasteiger partial charge in [-0.3, -0.25) is 4.79 Å². The van der Waals surface area contributed by atoms with Crippen molar-refractivity contribution in [3.05, 3.63) is 94.8 Å². The van der Waals surface area contributed by atoms with Gasteiger partial charge in [0.2, 0.25) is 0 Å². The summed E-state index contributed by atoms with van der Waals surface area (Å²) < 4.78 is 0.694. The van der Waals surface area contributed by atoms with Crippen molar-refractivity contribution in [1.29, 1.82) is 0 Å². The van der Waals surface area contributed by atoms with E-state index < -0.39 is 5.56 Å². The highest BCUT2D eigenvalue weighted by Gasteiger charge is 2.08. The molecule has 0 atom stereocenters. The third-order valence-corrected chi connectivity index (χ3v) is 4.43. The molecule has 0 amide bonds. The van der Waals surface area contributed by atoms with Crippen LogP contribution in [0.25, 0.3) is 33.2 Å². The normalized spacial score (nSPS) is 10.9. The van der Waals surface area contributed by atoms with Crippen LogP contribution < -0.4 is 5.56 Å². The van der Waals surface area contributed by atoms with Crippen LogP contribution in [-0.2, 0) is 0 Å². The molecule has 25 heavy (non-hydrogen) atoms. The smallest absolute Gasteiger partial charge is 0.283 e. The molecule has 1 heterocycles. The van der Waals surface area contributed by atoms with Gasteiger partial charge in [0.1, 0.15) is 0 Å². The van der Waals surface area contributed by atoms with E-state index in [0.717, 1.165) is 22.3 Å². The second-order valence-electron chi connectivity index (χ2n) is 6.17. The Kier molecular flexibility index (Phi) is 3.62. The third kappa shape index (κ3) is 2.70. The van der Waals surface area contributed by atoms with E-state index in [4.69, 9.17) is 0 Å². The molecule has 0 aliphatic rings. The zero-order valence-electron chi connectivity index (χ0n) is 13.8. The first kappa shape index (κ1) is 15.2. The number of fused-ring (bicyclic) bond motifs is 1. The van der Waals surface area contributed by atoms with Crippen LogP contribution in [0.2, 0.25) is 0 Å². The first-order valence-corrected chi connectivity index (χ1v) is 8.15. The monoisotopic (exact) mass is 327 g/mol. The molecular formula is C22H17NO2. The molecule has 0 saturated carbocycles. The van der Waals surface area contributed by atoms with Gasteiger partial charge < -0.3 is 5.21 Å². The first-order chi connectivity index (χ1) is 12.1. The minimum absolute atomic E-state index is 0.423. The zero-order chi connectivity index (χ0) is 17.4. The molecule has 0 bridgehead atoms. The summed E-state index contributed by atoms with van der Waals surface area (Å²) in [5, 5.41) is 12.4. The van der Waals surface area contributed by atoms with Crippen molar-refractivity contribution in [3.8, 4) is 22.4 Å². The van der Waals surface area contributed by atoms with Crippen molar-refractivity contribution in [2.75, 3.05) is 0 Å². The van der Waals surface area contributed by atoms with Crippen molar-refractivity contribution in [2.24, 2.45) is 0 Å². The molecular weight excluding hydrogens is 310 g/mol. The maximum atomic E-state index is 11.8. The number of aryl methyl sites for hydroxylation is 1. The van der Waals surface area contributed by atoms with Crippen LogP contribution >= 0.6 is 0 Å². The van der Waals surface area contributed by atoms with Crippen LogP contribution in [0.15, 0.2) is 83.7 Å². The number of pyridine rings is 1. The second-order valence-corrected chi connectivity index (χ2v) is 6.17. The number of hydrogen-bond donors (Lipinski definition) is 1. The number of benzene rings is 3. The third-order valence-electron chi connectivity index (χ3n) is 4.43. The maximum absolute atomic E-state index is 11.8. The SMILES string of the molecule is Cc1cc(-c2ccc(-c3cccc4ccccc34)cc2)n(O)c(=O)c1. The van der Waals surface area contributed by atoms with Crippen LogP contribution in [0.4, 0.5) is 0 Å². The number of hydrogen-bond acceptors (Lipinski definition) is 2. The van der Waals surface area contributed by atoms with E-state index in [9.17, 15) is 10.0 Å². The van der Waals surface area contributed by atoms with Crippen molar-refractivity contribution in [2.45, 2.75) is 6.92 Å². The minimum atomic E-state index is -0.423. The molecule has 3 nitrogen and oxygen atoms in total. The molecule has 0 spiro atoms. The fraction of sp³-hybridized carbons (Fsp3) is 0.0455. The van der Waals surface area contributed by atoms with E-state index in [0.29, 0.717) is 10.4 Å². The summed E-state index contributed by atoms with van der Waals surface area (Å²) in [6, 6.07) is 25.7. The van der Waals surface area contributed by atoms with E-state index >= 15 is 0 Å². The van der Waals surface area contributed by atoms with Crippen LogP contribution in [-0.4, -0.2) is 9.94 Å². The largest absolute Gasteiger partial charge is 0.425 e. The van der Waals surface area contributed by atoms with Gasteiger partial charge in [-0.1, -0.05) is 66.7 Å². The molecule has 1 aromatic heterocycles. The van der Waals surface area contributed by atoms with E-state index in [1.807, 2.05) is 43.3 Å². The summed E-state index contributed by atoms with van der Waals surface area (Å²) in [6.07, 6.45) is 0. The highest BCUT2D eigenvalue weighted by atomic mass is 16.5. The van der Waals surface area contributed by atoms with Gasteiger partial charge in [-0.05, 0) is 40.5 Å². The van der Waals surface area contributed by atoms with E-state index in [2.05, 4.69) is 30.3 Å². The van der Waals surface area contributed by atoms with Gasteiger partial charge >= 0.3 is 0 Å². The molecule has 0 radical (unpaired) electrons. The number of nitrogens with zero attached hydrogens (tertiary/aromatic N) is 1. The Balaban J connectivity index is 1.82. The summed E-state index contributed by atoms with van der Waals surface area (Å²) >= 11 is 0. The van der Waals surface area contributed by atoms with E-state index in [-0.39, 0.29) is 0 Å². The van der Waals surface area contributed by atoms with Gasteiger partial charge in [-0.15, -0.1) is 4.73 Å². The number of rotatable bonds is 2. The first-order valence-electron chi connectivity index (χ1n) is 8.15. The van der Waals surface area contributed by atoms with E-state index in [1.165, 1.54) is 16.8 Å². The van der Waals surface area contributed by atoms with Crippen LogP contribution in [0.3, 0.4) is 0 Å². The lowest BCUT2D eigenvalue weighted by molar-refractivity contribution is 0.179. The molecule has 4 aromatic rings. The number of aromatic nitrogens is 1. The second kappa shape index (κ2) is 5.95. The van der Waals surface area contributed by atoms with Crippen molar-refractivity contribution >= 4 is 10.8 Å². The van der Waals surface area contributed by atoms with Gasteiger partial charge in [-0.25, -0.2) is 0 Å². The Bertz CT molecular complexity index is 1120. The standard InChI is InChI=1S/C22H17NO2/c1-15-13-21(23(25)22(24)14-15)18-11-9-17(10-12-18)20-8-4-6-16-5-2-3-7-19(16)20/h2-14,25H,1H3. The van der Waals surface area contributed by atoms with Gasteiger partial charge in [0.05, 0.1) is 5.69 Å². The zero-order valence-corrected chi connectivity index (χ0v) is 13.8. The van der Waals surface area contributed by atoms with Crippen molar-refractivity contribution in [3.63, 3.8) is 0 Å². The molecule has 3 heteroatoms. The molecule has 0 unspecified atom stereocenters. The fourth-order valence-corrected chi connectivity index (χ4v) is 3.20. The summed E-state index contributed by atoms with van der Waals surface area (Å²) in [6.45, 7) is 1.84. The van der Waals surface area contributed by atoms with Crippen LogP contribution in [0.1, 0.15) is 5.56 Å². The molecule has 0 aliphatic carbocycles. The average Bonchev–Trinajstić information content (AvgIpc) is 2.64. The van der Waals surface area contributed by atoms with Crippen LogP contribution in [0, 0.1) is 6.92 Å². The lowest BCUT2D eigenvalue weighted by Gasteiger charge is -2.10. The molecule has 3 aromatic carbocycles. The predicted molar refractivity (Wildman–Crippen MR) is 101 cm³/mol. The maximum Gasteiger partial charge on any atom is 0.283 e. The molecule has 1 N–H and O–H groups in total. The lowest BCUT2D eigenvalue weighted by Crippen LogP contribution is -2.18. The Morgan fingerprint density at radius 3 is 2.28 bits per heavy atom. The molecule has 0 saturated heterocycles. The highest BCUT2D eigenvalue weighted by Crippen LogP contribution is 2.30. The molecule has 0 fully saturated rings. The highest BCUT2D eigenvalue weighted by molar-refractivity contribution is 5.96.